The molecule has 0 radical (unpaired) electrons. The average molecular weight is 465 g/mol. The number of hydrogen-bond acceptors (Lipinski definition) is 5. The molecule has 8 heteroatoms. The van der Waals surface area contributed by atoms with E-state index in [0.29, 0.717) is 51.3 Å². The summed E-state index contributed by atoms with van der Waals surface area (Å²) < 4.78 is 4.98. The number of carbonyl (C=O) groups is 3. The highest BCUT2D eigenvalue weighted by atomic mass is 16.5. The molecule has 4 rings (SSSR count). The molecule has 1 spiro atoms. The van der Waals surface area contributed by atoms with Gasteiger partial charge in [-0.2, -0.15) is 0 Å². The lowest BCUT2D eigenvalue weighted by Gasteiger charge is -2.43. The average Bonchev–Trinajstić information content (AvgIpc) is 3.11. The monoisotopic (exact) mass is 464 g/mol. The SMILES string of the molecule is COCCNC(=O)CN1CN(c2ccccc2)C2(CCN(C(=O)c3ccc(C)cc3)CC2)C1=O. The zero-order valence-corrected chi connectivity index (χ0v) is 19.8. The van der Waals surface area contributed by atoms with Crippen LogP contribution < -0.4 is 10.2 Å². The Bertz CT molecular complexity index is 1020. The number of piperidine rings is 1. The van der Waals surface area contributed by atoms with Gasteiger partial charge >= 0.3 is 0 Å². The molecule has 2 heterocycles. The number of likely N-dealkylation sites (tertiary alicyclic amines) is 1. The van der Waals surface area contributed by atoms with Crippen molar-refractivity contribution in [1.82, 2.24) is 15.1 Å². The van der Waals surface area contributed by atoms with Crippen LogP contribution in [0.25, 0.3) is 0 Å². The van der Waals surface area contributed by atoms with E-state index in [4.69, 9.17) is 4.74 Å². The van der Waals surface area contributed by atoms with Gasteiger partial charge in [-0.3, -0.25) is 14.4 Å². The standard InChI is InChI=1S/C26H32N4O4/c1-20-8-10-21(11-9-20)24(32)28-15-12-26(13-16-28)25(33)29(18-23(31)27-14-17-34-2)19-30(26)22-6-4-3-5-7-22/h3-11H,12-19H2,1-2H3,(H,27,31). The minimum absolute atomic E-state index is 0.000355. The number of nitrogens with zero attached hydrogens (tertiary/aromatic N) is 3. The molecule has 2 aliphatic rings. The first-order chi connectivity index (χ1) is 16.4. The van der Waals surface area contributed by atoms with E-state index in [1.165, 1.54) is 0 Å². The summed E-state index contributed by atoms with van der Waals surface area (Å²) in [4.78, 5) is 44.7. The van der Waals surface area contributed by atoms with Crippen LogP contribution in [0.4, 0.5) is 5.69 Å². The van der Waals surface area contributed by atoms with E-state index in [9.17, 15) is 14.4 Å². The summed E-state index contributed by atoms with van der Waals surface area (Å²) in [6.07, 6.45) is 1.03. The molecule has 2 fully saturated rings. The van der Waals surface area contributed by atoms with Crippen LogP contribution in [0.1, 0.15) is 28.8 Å². The van der Waals surface area contributed by atoms with Gasteiger partial charge in [0.2, 0.25) is 5.91 Å². The Labute approximate surface area is 200 Å². The second-order valence-electron chi connectivity index (χ2n) is 8.94. The minimum atomic E-state index is -0.766. The Morgan fingerprint density at radius 1 is 1.03 bits per heavy atom. The highest BCUT2D eigenvalue weighted by Crippen LogP contribution is 2.39. The first kappa shape index (κ1) is 23.8. The van der Waals surface area contributed by atoms with E-state index in [2.05, 4.69) is 10.2 Å². The maximum Gasteiger partial charge on any atom is 0.253 e. The molecule has 1 N–H and O–H groups in total. The van der Waals surface area contributed by atoms with Crippen LogP contribution in [0, 0.1) is 6.92 Å². The summed E-state index contributed by atoms with van der Waals surface area (Å²) >= 11 is 0. The Morgan fingerprint density at radius 2 is 1.71 bits per heavy atom. The molecule has 34 heavy (non-hydrogen) atoms. The lowest BCUT2D eigenvalue weighted by Crippen LogP contribution is -2.57. The number of carbonyl (C=O) groups excluding carboxylic acids is 3. The van der Waals surface area contributed by atoms with Gasteiger partial charge in [0.25, 0.3) is 11.8 Å². The third kappa shape index (κ3) is 4.77. The quantitative estimate of drug-likeness (QED) is 0.635. The second-order valence-corrected chi connectivity index (χ2v) is 8.94. The third-order valence-electron chi connectivity index (χ3n) is 6.72. The number of aryl methyl sites for hydroxylation is 1. The molecule has 0 unspecified atom stereocenters. The van der Waals surface area contributed by atoms with Crippen molar-refractivity contribution in [3.8, 4) is 0 Å². The zero-order chi connectivity index (χ0) is 24.1. The van der Waals surface area contributed by atoms with E-state index in [-0.39, 0.29) is 24.3 Å². The van der Waals surface area contributed by atoms with Crippen molar-refractivity contribution in [2.24, 2.45) is 0 Å². The van der Waals surface area contributed by atoms with Crippen molar-refractivity contribution < 1.29 is 19.1 Å². The van der Waals surface area contributed by atoms with Crippen LogP contribution in [-0.2, 0) is 14.3 Å². The number of amides is 3. The second kappa shape index (κ2) is 10.3. The molecule has 2 aliphatic heterocycles. The molecule has 2 aromatic carbocycles. The van der Waals surface area contributed by atoms with Crippen molar-refractivity contribution in [2.75, 3.05) is 51.5 Å². The van der Waals surface area contributed by atoms with Gasteiger partial charge in [-0.25, -0.2) is 0 Å². The zero-order valence-electron chi connectivity index (χ0n) is 19.8. The highest BCUT2D eigenvalue weighted by Gasteiger charge is 2.54. The van der Waals surface area contributed by atoms with Gasteiger partial charge in [0.05, 0.1) is 13.3 Å². The Kier molecular flexibility index (Phi) is 7.17. The molecular weight excluding hydrogens is 432 g/mol. The molecule has 3 amide bonds. The number of methoxy groups -OCH3 is 1. The summed E-state index contributed by atoms with van der Waals surface area (Å²) in [5.74, 6) is -0.274. The molecule has 0 aliphatic carbocycles. The number of rotatable bonds is 7. The molecular formula is C26H32N4O4. The lowest BCUT2D eigenvalue weighted by molar-refractivity contribution is -0.137. The van der Waals surface area contributed by atoms with E-state index in [0.717, 1.165) is 11.3 Å². The lowest BCUT2D eigenvalue weighted by atomic mass is 9.85. The predicted octanol–water partition coefficient (Wildman–Crippen LogP) is 2.04. The number of ether oxygens (including phenoxy) is 1. The minimum Gasteiger partial charge on any atom is -0.383 e. The van der Waals surface area contributed by atoms with Gasteiger partial charge in [0.15, 0.2) is 0 Å². The smallest absolute Gasteiger partial charge is 0.253 e. The summed E-state index contributed by atoms with van der Waals surface area (Å²) in [6.45, 7) is 4.12. The molecule has 0 aromatic heterocycles. The van der Waals surface area contributed by atoms with Crippen LogP contribution in [0.3, 0.4) is 0 Å². The molecule has 180 valence electrons. The fourth-order valence-corrected chi connectivity index (χ4v) is 4.80. The van der Waals surface area contributed by atoms with E-state index < -0.39 is 5.54 Å². The van der Waals surface area contributed by atoms with Crippen molar-refractivity contribution in [3.05, 3.63) is 65.7 Å². The molecule has 2 saturated heterocycles. The van der Waals surface area contributed by atoms with E-state index in [1.54, 1.807) is 12.0 Å². The maximum atomic E-state index is 13.7. The van der Waals surface area contributed by atoms with Crippen LogP contribution in [0.5, 0.6) is 0 Å². The molecule has 2 aromatic rings. The summed E-state index contributed by atoms with van der Waals surface area (Å²) in [7, 11) is 1.58. The summed E-state index contributed by atoms with van der Waals surface area (Å²) in [5.41, 5.74) is 1.94. The van der Waals surface area contributed by atoms with Gasteiger partial charge in [0.1, 0.15) is 12.1 Å². The first-order valence-corrected chi connectivity index (χ1v) is 11.7. The third-order valence-corrected chi connectivity index (χ3v) is 6.72. The predicted molar refractivity (Wildman–Crippen MR) is 129 cm³/mol. The first-order valence-electron chi connectivity index (χ1n) is 11.7. The highest BCUT2D eigenvalue weighted by molar-refractivity contribution is 5.97. The van der Waals surface area contributed by atoms with Gasteiger partial charge < -0.3 is 24.8 Å². The van der Waals surface area contributed by atoms with Crippen molar-refractivity contribution >= 4 is 23.4 Å². The van der Waals surface area contributed by atoms with Gasteiger partial charge in [-0.1, -0.05) is 35.9 Å². The molecule has 0 bridgehead atoms. The Balaban J connectivity index is 1.51. The maximum absolute atomic E-state index is 13.7. The summed E-state index contributed by atoms with van der Waals surface area (Å²) in [5, 5.41) is 2.79. The van der Waals surface area contributed by atoms with Crippen LogP contribution in [0.2, 0.25) is 0 Å². The summed E-state index contributed by atoms with van der Waals surface area (Å²) in [6, 6.07) is 17.4. The van der Waals surface area contributed by atoms with Crippen molar-refractivity contribution in [1.29, 1.82) is 0 Å². The number of para-hydroxylation sites is 1. The van der Waals surface area contributed by atoms with Crippen LogP contribution >= 0.6 is 0 Å². The molecule has 0 saturated carbocycles. The normalized spacial score (nSPS) is 17.4. The van der Waals surface area contributed by atoms with Gasteiger partial charge in [0, 0.05) is 38.0 Å². The number of anilines is 1. The van der Waals surface area contributed by atoms with Crippen molar-refractivity contribution in [3.63, 3.8) is 0 Å². The van der Waals surface area contributed by atoms with Crippen molar-refractivity contribution in [2.45, 2.75) is 25.3 Å². The molecule has 8 nitrogen and oxygen atoms in total. The molecule has 0 atom stereocenters. The topological polar surface area (TPSA) is 82.2 Å². The van der Waals surface area contributed by atoms with E-state index in [1.807, 2.05) is 66.4 Å². The fraction of sp³-hybridized carbons (Fsp3) is 0.423. The van der Waals surface area contributed by atoms with Gasteiger partial charge in [-0.15, -0.1) is 0 Å². The fourth-order valence-electron chi connectivity index (χ4n) is 4.80. The largest absolute Gasteiger partial charge is 0.383 e. The van der Waals surface area contributed by atoms with E-state index >= 15 is 0 Å². The van der Waals surface area contributed by atoms with Crippen LogP contribution in [0.15, 0.2) is 54.6 Å². The van der Waals surface area contributed by atoms with Gasteiger partial charge in [-0.05, 0) is 44.0 Å². The Hall–Kier alpha value is -3.39. The number of benzene rings is 2. The van der Waals surface area contributed by atoms with Crippen LogP contribution in [-0.4, -0.2) is 79.6 Å². The Morgan fingerprint density at radius 3 is 2.35 bits per heavy atom. The number of nitrogens with one attached hydrogen (secondary N) is 1. The number of hydrogen-bond donors (Lipinski definition) is 1.